The molecule has 0 saturated heterocycles. The molecule has 2 rings (SSSR count). The lowest BCUT2D eigenvalue weighted by molar-refractivity contribution is -0.140. The number of rotatable bonds is 6. The largest absolute Gasteiger partial charge is 0.469 e. The third-order valence-corrected chi connectivity index (χ3v) is 2.79. The summed E-state index contributed by atoms with van der Waals surface area (Å²) < 4.78 is 6.48. The number of hydrogen-bond donors (Lipinski definition) is 0. The molecule has 1 aliphatic rings. The van der Waals surface area contributed by atoms with Crippen molar-refractivity contribution >= 4 is 5.97 Å². The summed E-state index contributed by atoms with van der Waals surface area (Å²) in [6.07, 6.45) is 2.70. The molecule has 0 aromatic carbocycles. The fraction of sp³-hybridized carbons (Fsp3) is 0.800. The van der Waals surface area contributed by atoms with Crippen molar-refractivity contribution in [2.75, 3.05) is 20.7 Å². The van der Waals surface area contributed by atoms with Crippen LogP contribution in [0.15, 0.2) is 0 Å². The zero-order valence-electron chi connectivity index (χ0n) is 10.2. The Bertz CT molecular complexity index is 388. The van der Waals surface area contributed by atoms with Gasteiger partial charge in [-0.3, -0.25) is 9.69 Å². The van der Waals surface area contributed by atoms with Gasteiger partial charge in [0.15, 0.2) is 5.82 Å². The van der Waals surface area contributed by atoms with Crippen LogP contribution in [-0.2, 0) is 16.1 Å². The summed E-state index contributed by atoms with van der Waals surface area (Å²) in [5.74, 6) is 0.665. The fourth-order valence-electron chi connectivity index (χ4n) is 1.62. The average Bonchev–Trinajstić information content (AvgIpc) is 3.07. The van der Waals surface area contributed by atoms with Crippen molar-refractivity contribution < 1.29 is 9.53 Å². The van der Waals surface area contributed by atoms with E-state index in [0.29, 0.717) is 25.6 Å². The SMILES string of the molecule is COC(=O)CCN(C)Cc1nnnn1C1CC1. The molecule has 7 heteroatoms. The summed E-state index contributed by atoms with van der Waals surface area (Å²) in [5, 5.41) is 11.7. The molecule has 0 spiro atoms. The van der Waals surface area contributed by atoms with E-state index >= 15 is 0 Å². The van der Waals surface area contributed by atoms with E-state index in [2.05, 4.69) is 20.3 Å². The summed E-state index contributed by atoms with van der Waals surface area (Å²) in [7, 11) is 3.34. The van der Waals surface area contributed by atoms with Crippen molar-refractivity contribution in [3.05, 3.63) is 5.82 Å². The van der Waals surface area contributed by atoms with Crippen molar-refractivity contribution in [3.8, 4) is 0 Å². The predicted molar refractivity (Wildman–Crippen MR) is 59.1 cm³/mol. The van der Waals surface area contributed by atoms with Crippen LogP contribution < -0.4 is 0 Å². The monoisotopic (exact) mass is 239 g/mol. The number of hydrogen-bond acceptors (Lipinski definition) is 6. The molecule has 1 aromatic heterocycles. The van der Waals surface area contributed by atoms with E-state index in [4.69, 9.17) is 0 Å². The number of tetrazole rings is 1. The summed E-state index contributed by atoms with van der Waals surface area (Å²) >= 11 is 0. The number of carbonyl (C=O) groups is 1. The average molecular weight is 239 g/mol. The van der Waals surface area contributed by atoms with Crippen molar-refractivity contribution in [1.82, 2.24) is 25.1 Å². The topological polar surface area (TPSA) is 73.1 Å². The van der Waals surface area contributed by atoms with Gasteiger partial charge in [-0.25, -0.2) is 4.68 Å². The maximum Gasteiger partial charge on any atom is 0.306 e. The molecule has 0 N–H and O–H groups in total. The molecular weight excluding hydrogens is 222 g/mol. The van der Waals surface area contributed by atoms with Crippen LogP contribution in [0, 0.1) is 0 Å². The van der Waals surface area contributed by atoms with E-state index in [1.807, 2.05) is 16.6 Å². The van der Waals surface area contributed by atoms with E-state index in [1.54, 1.807) is 0 Å². The molecule has 1 aromatic rings. The minimum atomic E-state index is -0.196. The number of methoxy groups -OCH3 is 1. The first-order valence-electron chi connectivity index (χ1n) is 5.73. The molecule has 7 nitrogen and oxygen atoms in total. The first-order valence-corrected chi connectivity index (χ1v) is 5.73. The molecule has 1 fully saturated rings. The van der Waals surface area contributed by atoms with Gasteiger partial charge in [-0.2, -0.15) is 0 Å². The zero-order valence-corrected chi connectivity index (χ0v) is 10.2. The van der Waals surface area contributed by atoms with E-state index in [1.165, 1.54) is 7.11 Å². The Labute approximate surface area is 99.7 Å². The Hall–Kier alpha value is -1.50. The van der Waals surface area contributed by atoms with Crippen molar-refractivity contribution in [1.29, 1.82) is 0 Å². The molecule has 0 bridgehead atoms. The minimum absolute atomic E-state index is 0.196. The summed E-state index contributed by atoms with van der Waals surface area (Å²) in [4.78, 5) is 13.0. The first kappa shape index (κ1) is 12.0. The first-order chi connectivity index (χ1) is 8.20. The van der Waals surface area contributed by atoms with Crippen LogP contribution in [0.25, 0.3) is 0 Å². The van der Waals surface area contributed by atoms with Gasteiger partial charge < -0.3 is 4.74 Å². The van der Waals surface area contributed by atoms with Gasteiger partial charge in [-0.05, 0) is 30.3 Å². The molecular formula is C10H17N5O2. The van der Waals surface area contributed by atoms with Crippen LogP contribution in [0.4, 0.5) is 0 Å². The lowest BCUT2D eigenvalue weighted by Crippen LogP contribution is -2.24. The van der Waals surface area contributed by atoms with E-state index in [9.17, 15) is 4.79 Å². The zero-order chi connectivity index (χ0) is 12.3. The van der Waals surface area contributed by atoms with Crippen LogP contribution in [0.1, 0.15) is 31.1 Å². The standard InChI is InChI=1S/C10H17N5O2/c1-14(6-5-10(16)17-2)7-9-11-12-13-15(9)8-3-4-8/h8H,3-7H2,1-2H3. The number of esters is 1. The molecule has 94 valence electrons. The second kappa shape index (κ2) is 5.22. The van der Waals surface area contributed by atoms with E-state index < -0.39 is 0 Å². The highest BCUT2D eigenvalue weighted by Crippen LogP contribution is 2.34. The molecule has 1 aliphatic carbocycles. The highest BCUT2D eigenvalue weighted by Gasteiger charge is 2.27. The second-order valence-corrected chi connectivity index (χ2v) is 4.33. The van der Waals surface area contributed by atoms with E-state index in [-0.39, 0.29) is 5.97 Å². The number of nitrogens with zero attached hydrogens (tertiary/aromatic N) is 5. The van der Waals surface area contributed by atoms with E-state index in [0.717, 1.165) is 18.7 Å². The maximum atomic E-state index is 11.0. The van der Waals surface area contributed by atoms with Crippen molar-refractivity contribution in [3.63, 3.8) is 0 Å². The molecule has 0 atom stereocenters. The Morgan fingerprint density at radius 1 is 1.59 bits per heavy atom. The summed E-state index contributed by atoms with van der Waals surface area (Å²) in [6.45, 7) is 1.30. The third-order valence-electron chi connectivity index (χ3n) is 2.79. The van der Waals surface area contributed by atoms with Crippen molar-refractivity contribution in [2.24, 2.45) is 0 Å². The molecule has 0 unspecified atom stereocenters. The Morgan fingerprint density at radius 3 is 3.00 bits per heavy atom. The van der Waals surface area contributed by atoms with Crippen LogP contribution in [0.3, 0.4) is 0 Å². The Morgan fingerprint density at radius 2 is 2.35 bits per heavy atom. The van der Waals surface area contributed by atoms with Gasteiger partial charge in [-0.1, -0.05) is 0 Å². The number of ether oxygens (including phenoxy) is 1. The summed E-state index contributed by atoms with van der Waals surface area (Å²) in [5.41, 5.74) is 0. The summed E-state index contributed by atoms with van der Waals surface area (Å²) in [6, 6.07) is 0.481. The Kier molecular flexibility index (Phi) is 3.68. The van der Waals surface area contributed by atoms with Crippen LogP contribution >= 0.6 is 0 Å². The third kappa shape index (κ3) is 3.23. The van der Waals surface area contributed by atoms with Crippen LogP contribution in [0.2, 0.25) is 0 Å². The molecule has 1 heterocycles. The van der Waals surface area contributed by atoms with Crippen LogP contribution in [0.5, 0.6) is 0 Å². The highest BCUT2D eigenvalue weighted by atomic mass is 16.5. The van der Waals surface area contributed by atoms with Crippen LogP contribution in [-0.4, -0.2) is 51.8 Å². The van der Waals surface area contributed by atoms with Gasteiger partial charge in [0.25, 0.3) is 0 Å². The smallest absolute Gasteiger partial charge is 0.306 e. The van der Waals surface area contributed by atoms with Gasteiger partial charge in [0.2, 0.25) is 0 Å². The van der Waals surface area contributed by atoms with Crippen molar-refractivity contribution in [2.45, 2.75) is 31.8 Å². The predicted octanol–water partition coefficient (Wildman–Crippen LogP) is 0.00290. The number of carbonyl (C=O) groups excluding carboxylic acids is 1. The quantitative estimate of drug-likeness (QED) is 0.651. The molecule has 0 amide bonds. The second-order valence-electron chi connectivity index (χ2n) is 4.33. The van der Waals surface area contributed by atoms with Gasteiger partial charge in [0.05, 0.1) is 26.1 Å². The fourth-order valence-corrected chi connectivity index (χ4v) is 1.62. The Balaban J connectivity index is 1.82. The normalized spacial score (nSPS) is 15.2. The molecule has 1 saturated carbocycles. The van der Waals surface area contributed by atoms with Gasteiger partial charge in [-0.15, -0.1) is 5.10 Å². The number of aromatic nitrogens is 4. The minimum Gasteiger partial charge on any atom is -0.469 e. The molecule has 17 heavy (non-hydrogen) atoms. The molecule has 0 aliphatic heterocycles. The van der Waals surface area contributed by atoms with Gasteiger partial charge in [0, 0.05) is 6.54 Å². The molecule has 0 radical (unpaired) electrons. The highest BCUT2D eigenvalue weighted by molar-refractivity contribution is 5.69. The lowest BCUT2D eigenvalue weighted by Gasteiger charge is -2.14. The van der Waals surface area contributed by atoms with Gasteiger partial charge >= 0.3 is 5.97 Å². The maximum absolute atomic E-state index is 11.0. The van der Waals surface area contributed by atoms with Gasteiger partial charge in [0.1, 0.15) is 0 Å². The lowest BCUT2D eigenvalue weighted by atomic mass is 10.4.